The van der Waals surface area contributed by atoms with Gasteiger partial charge in [-0.15, -0.1) is 0 Å². The molecular weight excluding hydrogens is 717 g/mol. The molecule has 8 aromatic carbocycles. The Bertz CT molecular complexity index is 3120. The maximum Gasteiger partial charge on any atom is 0.0548 e. The minimum Gasteiger partial charge on any atom is -0.317 e. The summed E-state index contributed by atoms with van der Waals surface area (Å²) in [4.78, 5) is 6.54. The fourth-order valence-electron chi connectivity index (χ4n) is 8.53. The van der Waals surface area contributed by atoms with Crippen LogP contribution < -0.4 is 4.90 Å². The SMILES string of the molecule is c1ccc(-c2ccc(N(c3ccc(-c4ccncc4)cc3)c3ccc(-c4ccc5c(c4)c4cc6c(ccn6-c6ccccc6)cc4n5-c4ccccc4)cc3)cc2)cc1. The Balaban J connectivity index is 1.01. The molecule has 0 aliphatic carbocycles. The van der Waals surface area contributed by atoms with Gasteiger partial charge in [-0.25, -0.2) is 0 Å². The predicted octanol–water partition coefficient (Wildman–Crippen LogP) is 14.6. The lowest BCUT2D eigenvalue weighted by atomic mass is 10.0. The average Bonchev–Trinajstić information content (AvgIpc) is 3.88. The van der Waals surface area contributed by atoms with E-state index in [0.717, 1.165) is 45.1 Å². The molecule has 0 saturated heterocycles. The highest BCUT2D eigenvalue weighted by Crippen LogP contribution is 2.40. The molecule has 0 amide bonds. The number of hydrogen-bond donors (Lipinski definition) is 0. The van der Waals surface area contributed by atoms with Crippen LogP contribution in [-0.4, -0.2) is 14.1 Å². The summed E-state index contributed by atoms with van der Waals surface area (Å²) in [5.41, 5.74) is 16.2. The summed E-state index contributed by atoms with van der Waals surface area (Å²) in [5.74, 6) is 0. The van der Waals surface area contributed by atoms with E-state index < -0.39 is 0 Å². The molecule has 4 heteroatoms. The first-order valence-corrected chi connectivity index (χ1v) is 20.0. The lowest BCUT2D eigenvalue weighted by Crippen LogP contribution is -2.09. The molecule has 59 heavy (non-hydrogen) atoms. The fraction of sp³-hybridized carbons (Fsp3) is 0. The third-order valence-corrected chi connectivity index (χ3v) is 11.5. The van der Waals surface area contributed by atoms with Gasteiger partial charge in [-0.05, 0) is 137 Å². The molecule has 0 spiro atoms. The van der Waals surface area contributed by atoms with E-state index in [1.165, 1.54) is 49.4 Å². The van der Waals surface area contributed by atoms with Crippen molar-refractivity contribution in [3.8, 4) is 44.8 Å². The first-order chi connectivity index (χ1) is 29.2. The molecule has 0 atom stereocenters. The van der Waals surface area contributed by atoms with Gasteiger partial charge in [-0.2, -0.15) is 0 Å². The highest BCUT2D eigenvalue weighted by molar-refractivity contribution is 6.14. The molecule has 278 valence electrons. The maximum absolute atomic E-state index is 4.21. The van der Waals surface area contributed by atoms with E-state index in [-0.39, 0.29) is 0 Å². The number of aromatic nitrogens is 3. The number of nitrogens with zero attached hydrogens (tertiary/aromatic N) is 4. The summed E-state index contributed by atoms with van der Waals surface area (Å²) in [7, 11) is 0. The number of anilines is 3. The molecule has 0 N–H and O–H groups in total. The first-order valence-electron chi connectivity index (χ1n) is 20.0. The fourth-order valence-corrected chi connectivity index (χ4v) is 8.53. The Morgan fingerprint density at radius 1 is 0.339 bits per heavy atom. The van der Waals surface area contributed by atoms with Crippen LogP contribution in [0.25, 0.3) is 77.5 Å². The summed E-state index contributed by atoms with van der Waals surface area (Å²) in [5, 5.41) is 3.66. The van der Waals surface area contributed by atoms with E-state index >= 15 is 0 Å². The molecule has 0 fully saturated rings. The van der Waals surface area contributed by atoms with Crippen LogP contribution in [-0.2, 0) is 0 Å². The number of pyridine rings is 1. The van der Waals surface area contributed by atoms with Gasteiger partial charge in [0.1, 0.15) is 0 Å². The minimum atomic E-state index is 1.09. The molecule has 0 saturated carbocycles. The Hall–Kier alpha value is -7.95. The second-order valence-corrected chi connectivity index (χ2v) is 14.9. The average molecular weight is 755 g/mol. The van der Waals surface area contributed by atoms with Gasteiger partial charge in [0.05, 0.1) is 16.6 Å². The Morgan fingerprint density at radius 2 is 0.814 bits per heavy atom. The molecule has 0 unspecified atom stereocenters. The number of benzene rings is 8. The lowest BCUT2D eigenvalue weighted by molar-refractivity contribution is 1.13. The van der Waals surface area contributed by atoms with Gasteiger partial charge in [-0.3, -0.25) is 4.98 Å². The number of hydrogen-bond acceptors (Lipinski definition) is 2. The second-order valence-electron chi connectivity index (χ2n) is 14.9. The molecule has 4 nitrogen and oxygen atoms in total. The Kier molecular flexibility index (Phi) is 8.45. The van der Waals surface area contributed by atoms with Crippen molar-refractivity contribution < 1.29 is 0 Å². The molecule has 3 heterocycles. The van der Waals surface area contributed by atoms with Crippen LogP contribution in [0.4, 0.5) is 17.1 Å². The van der Waals surface area contributed by atoms with Crippen molar-refractivity contribution in [3.05, 3.63) is 231 Å². The van der Waals surface area contributed by atoms with Crippen molar-refractivity contribution in [2.45, 2.75) is 0 Å². The summed E-state index contributed by atoms with van der Waals surface area (Å²) < 4.78 is 4.69. The van der Waals surface area contributed by atoms with E-state index in [4.69, 9.17) is 0 Å². The predicted molar refractivity (Wildman–Crippen MR) is 246 cm³/mol. The number of para-hydroxylation sites is 2. The van der Waals surface area contributed by atoms with Gasteiger partial charge in [0.15, 0.2) is 0 Å². The normalized spacial score (nSPS) is 11.4. The molecule has 3 aromatic heterocycles. The van der Waals surface area contributed by atoms with E-state index in [1.54, 1.807) is 0 Å². The zero-order valence-electron chi connectivity index (χ0n) is 32.2. The maximum atomic E-state index is 4.21. The van der Waals surface area contributed by atoms with Crippen molar-refractivity contribution in [3.63, 3.8) is 0 Å². The van der Waals surface area contributed by atoms with Crippen molar-refractivity contribution in [2.75, 3.05) is 4.90 Å². The van der Waals surface area contributed by atoms with Crippen molar-refractivity contribution in [2.24, 2.45) is 0 Å². The Labute approximate surface area is 343 Å². The van der Waals surface area contributed by atoms with E-state index in [0.29, 0.717) is 0 Å². The summed E-state index contributed by atoms with van der Waals surface area (Å²) in [6, 6.07) is 76.4. The summed E-state index contributed by atoms with van der Waals surface area (Å²) >= 11 is 0. The van der Waals surface area contributed by atoms with Crippen molar-refractivity contribution >= 4 is 49.8 Å². The summed E-state index contributed by atoms with van der Waals surface area (Å²) in [6.45, 7) is 0. The second kappa shape index (κ2) is 14.5. The Morgan fingerprint density at radius 3 is 1.41 bits per heavy atom. The molecule has 0 aliphatic rings. The van der Waals surface area contributed by atoms with Crippen LogP contribution >= 0.6 is 0 Å². The van der Waals surface area contributed by atoms with E-state index in [9.17, 15) is 0 Å². The van der Waals surface area contributed by atoms with Crippen molar-refractivity contribution in [1.29, 1.82) is 0 Å². The van der Waals surface area contributed by atoms with Gasteiger partial charge >= 0.3 is 0 Å². The van der Waals surface area contributed by atoms with Crippen LogP contribution in [0.1, 0.15) is 0 Å². The molecule has 0 aliphatic heterocycles. The van der Waals surface area contributed by atoms with Crippen LogP contribution in [0, 0.1) is 0 Å². The quantitative estimate of drug-likeness (QED) is 0.154. The van der Waals surface area contributed by atoms with Crippen LogP contribution in [0.3, 0.4) is 0 Å². The first kappa shape index (κ1) is 34.3. The van der Waals surface area contributed by atoms with Gasteiger partial charge in [-0.1, -0.05) is 109 Å². The molecule has 11 rings (SSSR count). The zero-order valence-corrected chi connectivity index (χ0v) is 32.2. The molecule has 0 radical (unpaired) electrons. The van der Waals surface area contributed by atoms with Crippen LogP contribution in [0.5, 0.6) is 0 Å². The topological polar surface area (TPSA) is 26.0 Å². The third kappa shape index (κ3) is 6.24. The standard InChI is InChI=1S/C55H38N4/c1-4-10-39(11-5-1)40-16-23-48(24-17-40)58(49-25-18-41(19-26-49)43-30-33-56-34-31-43)50-27-20-42(21-28-50)44-22-29-53-51(36-44)52-38-54-45(32-35-57(54)46-12-6-2-7-13-46)37-55(52)59(53)47-14-8-3-9-15-47/h1-38H. The van der Waals surface area contributed by atoms with Gasteiger partial charge in [0.2, 0.25) is 0 Å². The van der Waals surface area contributed by atoms with Crippen LogP contribution in [0.2, 0.25) is 0 Å². The molecule has 11 aromatic rings. The van der Waals surface area contributed by atoms with Gasteiger partial charge in [0.25, 0.3) is 0 Å². The number of rotatable bonds is 8. The highest BCUT2D eigenvalue weighted by atomic mass is 15.1. The lowest BCUT2D eigenvalue weighted by Gasteiger charge is -2.26. The molecule has 0 bridgehead atoms. The van der Waals surface area contributed by atoms with E-state index in [1.807, 2.05) is 24.5 Å². The van der Waals surface area contributed by atoms with Crippen molar-refractivity contribution in [1.82, 2.24) is 14.1 Å². The third-order valence-electron chi connectivity index (χ3n) is 11.5. The molecular formula is C55H38N4. The largest absolute Gasteiger partial charge is 0.317 e. The van der Waals surface area contributed by atoms with E-state index in [2.05, 4.69) is 225 Å². The zero-order chi connectivity index (χ0) is 39.1. The highest BCUT2D eigenvalue weighted by Gasteiger charge is 2.18. The minimum absolute atomic E-state index is 1.09. The van der Waals surface area contributed by atoms with Gasteiger partial charge in [0, 0.05) is 63.2 Å². The summed E-state index contributed by atoms with van der Waals surface area (Å²) in [6.07, 6.45) is 5.86. The van der Waals surface area contributed by atoms with Gasteiger partial charge < -0.3 is 14.0 Å². The van der Waals surface area contributed by atoms with Crippen LogP contribution in [0.15, 0.2) is 231 Å². The monoisotopic (exact) mass is 754 g/mol. The number of fused-ring (bicyclic) bond motifs is 4. The smallest absolute Gasteiger partial charge is 0.0548 e.